The van der Waals surface area contributed by atoms with Crippen LogP contribution in [0, 0.1) is 0 Å². The molecule has 1 heterocycles. The third-order valence-electron chi connectivity index (χ3n) is 3.12. The Hall–Kier alpha value is -2.20. The maximum atomic E-state index is 11.9. The second-order valence-corrected chi connectivity index (χ2v) is 8.01. The van der Waals surface area contributed by atoms with Crippen molar-refractivity contribution in [3.05, 3.63) is 47.5 Å². The molecule has 130 valence electrons. The number of nitrogens with one attached hydrogen (secondary N) is 1. The molecule has 0 radical (unpaired) electrons. The highest BCUT2D eigenvalue weighted by Gasteiger charge is 2.12. The molecule has 0 aliphatic rings. The number of thiazole rings is 1. The first-order valence-corrected chi connectivity index (χ1v) is 9.67. The number of aromatic nitrogens is 1. The number of fused-ring (bicyclic) bond motifs is 1. The minimum absolute atomic E-state index is 0.00685. The van der Waals surface area contributed by atoms with Crippen molar-refractivity contribution in [2.45, 2.75) is 4.90 Å². The highest BCUT2D eigenvalue weighted by atomic mass is 35.5. The SMILES string of the molecule is NS(=O)(=O)c1ccc2nc(NC(=O)COc3ccc(Cl)cc3)sc2c1. The minimum atomic E-state index is -3.79. The highest BCUT2D eigenvalue weighted by molar-refractivity contribution is 7.89. The van der Waals surface area contributed by atoms with Crippen LogP contribution in [0.5, 0.6) is 5.75 Å². The summed E-state index contributed by atoms with van der Waals surface area (Å²) in [7, 11) is -3.79. The van der Waals surface area contributed by atoms with Gasteiger partial charge in [-0.15, -0.1) is 0 Å². The summed E-state index contributed by atoms with van der Waals surface area (Å²) in [5, 5.41) is 8.62. The van der Waals surface area contributed by atoms with Gasteiger partial charge in [0.25, 0.3) is 5.91 Å². The molecule has 3 aromatic rings. The topological polar surface area (TPSA) is 111 Å². The Balaban J connectivity index is 1.67. The normalized spacial score (nSPS) is 11.4. The predicted octanol–water partition coefficient (Wildman–Crippen LogP) is 2.61. The van der Waals surface area contributed by atoms with E-state index in [2.05, 4.69) is 10.3 Å². The van der Waals surface area contributed by atoms with Gasteiger partial charge in [0.2, 0.25) is 10.0 Å². The van der Waals surface area contributed by atoms with Crippen LogP contribution in [-0.4, -0.2) is 25.9 Å². The monoisotopic (exact) mass is 397 g/mol. The Morgan fingerprint density at radius 2 is 1.96 bits per heavy atom. The Morgan fingerprint density at radius 1 is 1.24 bits per heavy atom. The van der Waals surface area contributed by atoms with Gasteiger partial charge in [-0.1, -0.05) is 22.9 Å². The van der Waals surface area contributed by atoms with E-state index in [-0.39, 0.29) is 17.4 Å². The van der Waals surface area contributed by atoms with Crippen molar-refractivity contribution in [1.29, 1.82) is 0 Å². The molecule has 1 aromatic heterocycles. The molecule has 25 heavy (non-hydrogen) atoms. The second-order valence-electron chi connectivity index (χ2n) is 4.98. The molecule has 0 atom stereocenters. The van der Waals surface area contributed by atoms with E-state index in [0.717, 1.165) is 11.3 Å². The first kappa shape index (κ1) is 17.6. The number of primary sulfonamides is 1. The van der Waals surface area contributed by atoms with Crippen molar-refractivity contribution in [2.75, 3.05) is 11.9 Å². The Bertz CT molecular complexity index is 1030. The van der Waals surface area contributed by atoms with E-state index in [4.69, 9.17) is 21.5 Å². The minimum Gasteiger partial charge on any atom is -0.484 e. The molecule has 0 saturated heterocycles. The fourth-order valence-electron chi connectivity index (χ4n) is 1.97. The average molecular weight is 398 g/mol. The van der Waals surface area contributed by atoms with Crippen molar-refractivity contribution in [2.24, 2.45) is 5.14 Å². The molecule has 0 unspecified atom stereocenters. The number of carbonyl (C=O) groups is 1. The number of rotatable bonds is 5. The van der Waals surface area contributed by atoms with Crippen molar-refractivity contribution in [3.8, 4) is 5.75 Å². The van der Waals surface area contributed by atoms with Gasteiger partial charge in [-0.3, -0.25) is 10.1 Å². The van der Waals surface area contributed by atoms with Crippen molar-refractivity contribution in [3.63, 3.8) is 0 Å². The molecule has 0 aliphatic carbocycles. The third-order valence-corrected chi connectivity index (χ3v) is 5.21. The molecule has 7 nitrogen and oxygen atoms in total. The van der Waals surface area contributed by atoms with E-state index < -0.39 is 10.0 Å². The lowest BCUT2D eigenvalue weighted by Gasteiger charge is -2.05. The number of carbonyl (C=O) groups excluding carboxylic acids is 1. The van der Waals surface area contributed by atoms with E-state index in [1.165, 1.54) is 18.2 Å². The van der Waals surface area contributed by atoms with E-state index >= 15 is 0 Å². The average Bonchev–Trinajstić information content (AvgIpc) is 2.94. The molecule has 0 spiro atoms. The molecule has 1 amide bonds. The van der Waals surface area contributed by atoms with Gasteiger partial charge < -0.3 is 4.74 Å². The Morgan fingerprint density at radius 3 is 2.64 bits per heavy atom. The predicted molar refractivity (Wildman–Crippen MR) is 96.6 cm³/mol. The molecule has 0 aliphatic heterocycles. The lowest BCUT2D eigenvalue weighted by atomic mass is 10.3. The molecule has 10 heteroatoms. The highest BCUT2D eigenvalue weighted by Crippen LogP contribution is 2.27. The van der Waals surface area contributed by atoms with Gasteiger partial charge in [0.15, 0.2) is 11.7 Å². The molecule has 3 N–H and O–H groups in total. The Kier molecular flexibility index (Phi) is 4.91. The van der Waals surface area contributed by atoms with E-state index in [0.29, 0.717) is 26.1 Å². The van der Waals surface area contributed by atoms with Crippen LogP contribution in [0.3, 0.4) is 0 Å². The van der Waals surface area contributed by atoms with Crippen molar-refractivity contribution >= 4 is 54.2 Å². The van der Waals surface area contributed by atoms with E-state index in [1.54, 1.807) is 24.3 Å². The number of hydrogen-bond donors (Lipinski definition) is 2. The van der Waals surface area contributed by atoms with Gasteiger partial charge in [-0.25, -0.2) is 18.5 Å². The number of ether oxygens (including phenoxy) is 1. The zero-order valence-electron chi connectivity index (χ0n) is 12.6. The van der Waals surface area contributed by atoms with Gasteiger partial charge >= 0.3 is 0 Å². The first-order chi connectivity index (χ1) is 11.8. The van der Waals surface area contributed by atoms with Crippen molar-refractivity contribution < 1.29 is 17.9 Å². The number of sulfonamides is 1. The smallest absolute Gasteiger partial charge is 0.264 e. The van der Waals surface area contributed by atoms with Gasteiger partial charge in [0.05, 0.1) is 15.1 Å². The van der Waals surface area contributed by atoms with Crippen LogP contribution >= 0.6 is 22.9 Å². The molecule has 0 fully saturated rings. The summed E-state index contributed by atoms with van der Waals surface area (Å²) in [4.78, 5) is 16.2. The summed E-state index contributed by atoms with van der Waals surface area (Å²) in [5.74, 6) is 0.127. The summed E-state index contributed by atoms with van der Waals surface area (Å²) in [6.45, 7) is -0.194. The summed E-state index contributed by atoms with van der Waals surface area (Å²) in [5.41, 5.74) is 0.561. The number of anilines is 1. The zero-order chi connectivity index (χ0) is 18.0. The number of hydrogen-bond acceptors (Lipinski definition) is 6. The van der Waals surface area contributed by atoms with E-state index in [1.807, 2.05) is 0 Å². The summed E-state index contributed by atoms with van der Waals surface area (Å²) in [6.07, 6.45) is 0. The van der Waals surface area contributed by atoms with Crippen LogP contribution in [0.2, 0.25) is 5.02 Å². The number of benzene rings is 2. The van der Waals surface area contributed by atoms with Gasteiger partial charge in [-0.05, 0) is 42.5 Å². The molecule has 0 saturated carbocycles. The largest absolute Gasteiger partial charge is 0.484 e. The van der Waals surface area contributed by atoms with Crippen LogP contribution < -0.4 is 15.2 Å². The van der Waals surface area contributed by atoms with Gasteiger partial charge in [-0.2, -0.15) is 0 Å². The first-order valence-electron chi connectivity index (χ1n) is 6.93. The van der Waals surface area contributed by atoms with Crippen LogP contribution in [0.15, 0.2) is 47.4 Å². The number of halogens is 1. The Labute approximate surface area is 152 Å². The number of amides is 1. The lowest BCUT2D eigenvalue weighted by Crippen LogP contribution is -2.19. The molecule has 3 rings (SSSR count). The molecule has 2 aromatic carbocycles. The fourth-order valence-corrected chi connectivity index (χ4v) is 3.63. The van der Waals surface area contributed by atoms with Crippen LogP contribution in [0.4, 0.5) is 5.13 Å². The van der Waals surface area contributed by atoms with E-state index in [9.17, 15) is 13.2 Å². The van der Waals surface area contributed by atoms with Crippen LogP contribution in [0.1, 0.15) is 0 Å². The molecular formula is C15H12ClN3O4S2. The fraction of sp³-hybridized carbons (Fsp3) is 0.0667. The van der Waals surface area contributed by atoms with Gasteiger partial charge in [0.1, 0.15) is 5.75 Å². The summed E-state index contributed by atoms with van der Waals surface area (Å²) < 4.78 is 28.7. The van der Waals surface area contributed by atoms with Crippen molar-refractivity contribution in [1.82, 2.24) is 4.98 Å². The van der Waals surface area contributed by atoms with Crippen LogP contribution in [0.25, 0.3) is 10.2 Å². The number of nitrogens with two attached hydrogens (primary N) is 1. The second kappa shape index (κ2) is 6.96. The standard InChI is InChI=1S/C15H12ClN3O4S2/c16-9-1-3-10(4-2-9)23-8-14(20)19-15-18-12-6-5-11(25(17,21)22)7-13(12)24-15/h1-7H,8H2,(H2,17,21,22)(H,18,19,20). The maximum absolute atomic E-state index is 11.9. The summed E-state index contributed by atoms with van der Waals surface area (Å²) in [6, 6.07) is 10.9. The summed E-state index contributed by atoms with van der Waals surface area (Å²) >= 11 is 6.92. The zero-order valence-corrected chi connectivity index (χ0v) is 15.0. The number of nitrogens with zero attached hydrogens (tertiary/aromatic N) is 1. The van der Waals surface area contributed by atoms with Gasteiger partial charge in [0, 0.05) is 5.02 Å². The molecule has 0 bridgehead atoms. The van der Waals surface area contributed by atoms with Crippen LogP contribution in [-0.2, 0) is 14.8 Å². The molecular weight excluding hydrogens is 386 g/mol. The third kappa shape index (κ3) is 4.45. The lowest BCUT2D eigenvalue weighted by molar-refractivity contribution is -0.118. The maximum Gasteiger partial charge on any atom is 0.264 e. The quantitative estimate of drug-likeness (QED) is 0.687.